The highest BCUT2D eigenvalue weighted by Crippen LogP contribution is 2.47. The molecular weight excluding hydrogens is 538 g/mol. The van der Waals surface area contributed by atoms with Crippen molar-refractivity contribution in [1.29, 1.82) is 0 Å². The van der Waals surface area contributed by atoms with Gasteiger partial charge in [-0.25, -0.2) is 9.78 Å². The lowest BCUT2D eigenvalue weighted by Gasteiger charge is -2.25. The van der Waals surface area contributed by atoms with Crippen molar-refractivity contribution in [2.45, 2.75) is 76.7 Å². The van der Waals surface area contributed by atoms with Crippen molar-refractivity contribution in [3.63, 3.8) is 0 Å². The van der Waals surface area contributed by atoms with Gasteiger partial charge in [0.15, 0.2) is 19.9 Å². The van der Waals surface area contributed by atoms with E-state index < -0.39 is 0 Å². The third-order valence-electron chi connectivity index (χ3n) is 8.17. The maximum absolute atomic E-state index is 6.26. The Morgan fingerprint density at radius 3 is 2.43 bits per heavy atom. The molecule has 2 heterocycles. The standard InChI is InChI=1S/C33H45NO8/c1-35-22-40-26-13-15-28(30(20-26)41-23-36-2)33-32(25-9-5-4-6-10-25)27-14-12-24(21-42-37-3)19-29(27)34(33)16-18-39-31-11-7-8-17-38-31/h12-15,19-20,25,31H,4-11,16-18,21-23H2,1-3H3. The van der Waals surface area contributed by atoms with Gasteiger partial charge in [0.1, 0.15) is 18.1 Å². The summed E-state index contributed by atoms with van der Waals surface area (Å²) < 4.78 is 37.0. The number of nitrogens with zero attached hydrogens (tertiary/aromatic N) is 1. The zero-order valence-electron chi connectivity index (χ0n) is 25.2. The van der Waals surface area contributed by atoms with E-state index in [1.165, 1.54) is 37.3 Å². The van der Waals surface area contributed by atoms with Crippen LogP contribution < -0.4 is 9.47 Å². The normalized spacial score (nSPS) is 18.0. The number of hydrogen-bond donors (Lipinski definition) is 0. The van der Waals surface area contributed by atoms with E-state index in [1.807, 2.05) is 12.1 Å². The molecule has 0 spiro atoms. The van der Waals surface area contributed by atoms with Crippen LogP contribution in [0.2, 0.25) is 0 Å². The minimum Gasteiger partial charge on any atom is -0.467 e. The van der Waals surface area contributed by atoms with Crippen LogP contribution in [0.25, 0.3) is 22.2 Å². The summed E-state index contributed by atoms with van der Waals surface area (Å²) in [7, 11) is 4.77. The summed E-state index contributed by atoms with van der Waals surface area (Å²) in [4.78, 5) is 10.2. The molecule has 2 fully saturated rings. The van der Waals surface area contributed by atoms with Crippen LogP contribution in [0.5, 0.6) is 11.5 Å². The van der Waals surface area contributed by atoms with Gasteiger partial charge in [-0.2, -0.15) is 0 Å². The molecular formula is C33H45NO8. The zero-order chi connectivity index (χ0) is 29.1. The van der Waals surface area contributed by atoms with Gasteiger partial charge >= 0.3 is 0 Å². The largest absolute Gasteiger partial charge is 0.467 e. The molecule has 1 aliphatic carbocycles. The van der Waals surface area contributed by atoms with E-state index in [4.69, 9.17) is 38.2 Å². The first-order valence-corrected chi connectivity index (χ1v) is 15.1. The van der Waals surface area contributed by atoms with Crippen LogP contribution in [-0.4, -0.2) is 59.0 Å². The van der Waals surface area contributed by atoms with Gasteiger partial charge in [-0.15, -0.1) is 0 Å². The van der Waals surface area contributed by atoms with Crippen molar-refractivity contribution in [2.75, 3.05) is 48.1 Å². The first-order chi connectivity index (χ1) is 20.7. The first kappa shape index (κ1) is 30.8. The van der Waals surface area contributed by atoms with Crippen LogP contribution in [0.15, 0.2) is 36.4 Å². The predicted molar refractivity (Wildman–Crippen MR) is 160 cm³/mol. The van der Waals surface area contributed by atoms with Gasteiger partial charge in [0.2, 0.25) is 0 Å². The van der Waals surface area contributed by atoms with E-state index in [1.54, 1.807) is 14.2 Å². The van der Waals surface area contributed by atoms with Crippen molar-refractivity contribution < 1.29 is 38.2 Å². The Kier molecular flexibility index (Phi) is 11.5. The van der Waals surface area contributed by atoms with Crippen molar-refractivity contribution >= 4 is 10.9 Å². The number of benzene rings is 2. The highest BCUT2D eigenvalue weighted by atomic mass is 17.2. The molecule has 230 valence electrons. The molecule has 5 rings (SSSR count). The van der Waals surface area contributed by atoms with Crippen LogP contribution in [-0.2, 0) is 41.9 Å². The Labute approximate surface area is 248 Å². The van der Waals surface area contributed by atoms with Crippen molar-refractivity contribution in [2.24, 2.45) is 0 Å². The quantitative estimate of drug-likeness (QED) is 0.108. The van der Waals surface area contributed by atoms with E-state index >= 15 is 0 Å². The van der Waals surface area contributed by atoms with Crippen molar-refractivity contribution in [1.82, 2.24) is 4.57 Å². The fraction of sp³-hybridized carbons (Fsp3) is 0.576. The second-order valence-corrected chi connectivity index (χ2v) is 11.0. The topological polar surface area (TPSA) is 78.8 Å². The lowest BCUT2D eigenvalue weighted by molar-refractivity contribution is -0.282. The van der Waals surface area contributed by atoms with Gasteiger partial charge in [0.25, 0.3) is 0 Å². The summed E-state index contributed by atoms with van der Waals surface area (Å²) in [5, 5.41) is 1.25. The third kappa shape index (κ3) is 7.45. The number of rotatable bonds is 15. The number of hydrogen-bond acceptors (Lipinski definition) is 8. The highest BCUT2D eigenvalue weighted by molar-refractivity contribution is 5.94. The van der Waals surface area contributed by atoms with Gasteiger partial charge in [0, 0.05) is 49.9 Å². The zero-order valence-corrected chi connectivity index (χ0v) is 25.2. The van der Waals surface area contributed by atoms with Crippen LogP contribution in [0.1, 0.15) is 68.4 Å². The monoisotopic (exact) mass is 583 g/mol. The second kappa shape index (κ2) is 15.7. The minimum atomic E-state index is -0.148. The summed E-state index contributed by atoms with van der Waals surface area (Å²) in [5.41, 5.74) is 5.70. The molecule has 3 aromatic rings. The minimum absolute atomic E-state index is 0.125. The van der Waals surface area contributed by atoms with Gasteiger partial charge < -0.3 is 33.0 Å². The summed E-state index contributed by atoms with van der Waals surface area (Å²) >= 11 is 0. The van der Waals surface area contributed by atoms with E-state index in [-0.39, 0.29) is 19.9 Å². The molecule has 1 atom stereocenters. The smallest absolute Gasteiger partial charge is 0.188 e. The summed E-state index contributed by atoms with van der Waals surface area (Å²) in [6.45, 7) is 2.61. The predicted octanol–water partition coefficient (Wildman–Crippen LogP) is 6.94. The first-order valence-electron chi connectivity index (χ1n) is 15.1. The third-order valence-corrected chi connectivity index (χ3v) is 8.17. The molecule has 0 bridgehead atoms. The van der Waals surface area contributed by atoms with Gasteiger partial charge in [-0.05, 0) is 67.3 Å². The molecule has 9 nitrogen and oxygen atoms in total. The van der Waals surface area contributed by atoms with Crippen LogP contribution in [0.3, 0.4) is 0 Å². The summed E-state index contributed by atoms with van der Waals surface area (Å²) in [5.74, 6) is 1.82. The lowest BCUT2D eigenvalue weighted by atomic mass is 9.81. The molecule has 2 aromatic carbocycles. The van der Waals surface area contributed by atoms with Gasteiger partial charge in [-0.3, -0.25) is 0 Å². The van der Waals surface area contributed by atoms with E-state index in [9.17, 15) is 0 Å². The molecule has 0 amide bonds. The number of fused-ring (bicyclic) bond motifs is 1. The molecule has 9 heteroatoms. The highest BCUT2D eigenvalue weighted by Gasteiger charge is 2.28. The van der Waals surface area contributed by atoms with E-state index in [0.717, 1.165) is 61.0 Å². The molecule has 1 aromatic heterocycles. The number of ether oxygens (including phenoxy) is 6. The Morgan fingerprint density at radius 2 is 1.67 bits per heavy atom. The van der Waals surface area contributed by atoms with Crippen LogP contribution in [0, 0.1) is 0 Å². The van der Waals surface area contributed by atoms with Crippen LogP contribution in [0.4, 0.5) is 0 Å². The molecule has 0 N–H and O–H groups in total. The number of aromatic nitrogens is 1. The molecule has 1 saturated carbocycles. The number of methoxy groups -OCH3 is 2. The Balaban J connectivity index is 1.64. The maximum Gasteiger partial charge on any atom is 0.188 e. The second-order valence-electron chi connectivity index (χ2n) is 11.0. The molecule has 0 radical (unpaired) electrons. The average Bonchev–Trinajstić information content (AvgIpc) is 3.35. The molecule has 1 saturated heterocycles. The summed E-state index contributed by atoms with van der Waals surface area (Å²) in [6.07, 6.45) is 9.09. The molecule has 42 heavy (non-hydrogen) atoms. The molecule has 2 aliphatic rings. The van der Waals surface area contributed by atoms with E-state index in [2.05, 4.69) is 28.8 Å². The Hall–Kier alpha value is -2.66. The van der Waals surface area contributed by atoms with Crippen molar-refractivity contribution in [3.05, 3.63) is 47.5 Å². The fourth-order valence-electron chi connectivity index (χ4n) is 6.24. The lowest BCUT2D eigenvalue weighted by Crippen LogP contribution is -2.24. The SMILES string of the molecule is COCOc1ccc(-c2c(C3CCCCC3)c3ccc(COOC)cc3n2CCOC2CCCCO2)c(OCOC)c1. The van der Waals surface area contributed by atoms with Crippen LogP contribution >= 0.6 is 0 Å². The summed E-state index contributed by atoms with van der Waals surface area (Å²) in [6, 6.07) is 12.6. The fourth-order valence-corrected chi connectivity index (χ4v) is 6.24. The van der Waals surface area contributed by atoms with E-state index in [0.29, 0.717) is 37.2 Å². The molecule has 1 unspecified atom stereocenters. The van der Waals surface area contributed by atoms with Gasteiger partial charge in [-0.1, -0.05) is 31.4 Å². The maximum atomic E-state index is 6.26. The Bertz CT molecular complexity index is 1260. The van der Waals surface area contributed by atoms with Crippen molar-refractivity contribution in [3.8, 4) is 22.8 Å². The Morgan fingerprint density at radius 1 is 0.857 bits per heavy atom. The average molecular weight is 584 g/mol. The van der Waals surface area contributed by atoms with Gasteiger partial charge in [0.05, 0.1) is 19.4 Å². The molecule has 1 aliphatic heterocycles.